The molecule has 0 bridgehead atoms. The van der Waals surface area contributed by atoms with Crippen LogP contribution in [-0.4, -0.2) is 13.0 Å². The summed E-state index contributed by atoms with van der Waals surface area (Å²) in [6.45, 7) is 0.541. The van der Waals surface area contributed by atoms with Crippen LogP contribution in [0.3, 0.4) is 0 Å². The van der Waals surface area contributed by atoms with E-state index in [1.807, 2.05) is 54.6 Å². The van der Waals surface area contributed by atoms with Crippen LogP contribution in [0.4, 0.5) is 0 Å². The van der Waals surface area contributed by atoms with Gasteiger partial charge in [-0.3, -0.25) is 10.1 Å². The van der Waals surface area contributed by atoms with Gasteiger partial charge in [0.1, 0.15) is 11.8 Å². The van der Waals surface area contributed by atoms with E-state index in [4.69, 9.17) is 10.5 Å². The van der Waals surface area contributed by atoms with Gasteiger partial charge in [0.25, 0.3) is 0 Å². The van der Waals surface area contributed by atoms with Gasteiger partial charge in [0.2, 0.25) is 5.91 Å². The Morgan fingerprint density at radius 1 is 1.20 bits per heavy atom. The number of hydrogen-bond acceptors (Lipinski definition) is 3. The Morgan fingerprint density at radius 2 is 1.95 bits per heavy atom. The number of ether oxygens (including phenoxy) is 1. The Hall–Kier alpha value is -2.33. The molecule has 2 aromatic rings. The number of benzene rings is 2. The van der Waals surface area contributed by atoms with Crippen LogP contribution in [0.5, 0.6) is 5.75 Å². The van der Waals surface area contributed by atoms with Crippen LogP contribution in [0, 0.1) is 0 Å². The van der Waals surface area contributed by atoms with Crippen molar-refractivity contribution in [1.29, 1.82) is 0 Å². The monoisotopic (exact) mass is 270 g/mol. The van der Waals surface area contributed by atoms with Crippen molar-refractivity contribution in [2.45, 2.75) is 12.6 Å². The zero-order chi connectivity index (χ0) is 14.4. The molecule has 20 heavy (non-hydrogen) atoms. The normalized spacial score (nSPS) is 11.8. The smallest absolute Gasteiger partial charge is 0.239 e. The quantitative estimate of drug-likeness (QED) is 0.844. The molecule has 0 aliphatic carbocycles. The van der Waals surface area contributed by atoms with Crippen molar-refractivity contribution in [3.8, 4) is 5.75 Å². The van der Waals surface area contributed by atoms with E-state index in [0.717, 1.165) is 16.9 Å². The van der Waals surface area contributed by atoms with Crippen LogP contribution in [0.25, 0.3) is 0 Å². The van der Waals surface area contributed by atoms with Crippen molar-refractivity contribution in [3.63, 3.8) is 0 Å². The number of methoxy groups -OCH3 is 1. The van der Waals surface area contributed by atoms with Crippen LogP contribution in [0.15, 0.2) is 54.6 Å². The third kappa shape index (κ3) is 3.59. The SMILES string of the molecule is COc1cccc(CNC(C(N)=O)c2ccccc2)c1. The van der Waals surface area contributed by atoms with Crippen LogP contribution in [-0.2, 0) is 11.3 Å². The fraction of sp³-hybridized carbons (Fsp3) is 0.188. The van der Waals surface area contributed by atoms with Gasteiger partial charge in [0.05, 0.1) is 7.11 Å². The highest BCUT2D eigenvalue weighted by Crippen LogP contribution is 2.15. The maximum absolute atomic E-state index is 11.6. The molecule has 2 rings (SSSR count). The molecule has 0 fully saturated rings. The fourth-order valence-electron chi connectivity index (χ4n) is 2.03. The van der Waals surface area contributed by atoms with Gasteiger partial charge < -0.3 is 10.5 Å². The van der Waals surface area contributed by atoms with E-state index in [-0.39, 0.29) is 5.91 Å². The first kappa shape index (κ1) is 14.1. The van der Waals surface area contributed by atoms with E-state index in [0.29, 0.717) is 6.54 Å². The second kappa shape index (κ2) is 6.73. The Morgan fingerprint density at radius 3 is 2.60 bits per heavy atom. The summed E-state index contributed by atoms with van der Waals surface area (Å²) in [5, 5.41) is 3.17. The van der Waals surface area contributed by atoms with Crippen molar-refractivity contribution in [2.75, 3.05) is 7.11 Å². The molecule has 0 aliphatic heterocycles. The molecule has 0 saturated heterocycles. The number of rotatable bonds is 6. The zero-order valence-electron chi connectivity index (χ0n) is 11.4. The van der Waals surface area contributed by atoms with Crippen molar-refractivity contribution < 1.29 is 9.53 Å². The molecule has 0 heterocycles. The summed E-state index contributed by atoms with van der Waals surface area (Å²) >= 11 is 0. The Bertz CT molecular complexity index is 570. The Labute approximate surface area is 118 Å². The predicted molar refractivity (Wildman–Crippen MR) is 78.2 cm³/mol. The number of primary amides is 1. The lowest BCUT2D eigenvalue weighted by Crippen LogP contribution is -2.33. The Kier molecular flexibility index (Phi) is 4.74. The first-order valence-electron chi connectivity index (χ1n) is 6.41. The third-order valence-corrected chi connectivity index (χ3v) is 3.06. The van der Waals surface area contributed by atoms with E-state index < -0.39 is 6.04 Å². The molecule has 0 aliphatic rings. The number of carbonyl (C=O) groups is 1. The number of nitrogens with two attached hydrogens (primary N) is 1. The highest BCUT2D eigenvalue weighted by Gasteiger charge is 2.16. The minimum Gasteiger partial charge on any atom is -0.497 e. The van der Waals surface area contributed by atoms with Crippen LogP contribution >= 0.6 is 0 Å². The first-order chi connectivity index (χ1) is 9.70. The van der Waals surface area contributed by atoms with Gasteiger partial charge in [-0.15, -0.1) is 0 Å². The van der Waals surface area contributed by atoms with E-state index in [2.05, 4.69) is 5.32 Å². The van der Waals surface area contributed by atoms with Crippen LogP contribution < -0.4 is 15.8 Å². The summed E-state index contributed by atoms with van der Waals surface area (Å²) in [5.74, 6) is 0.402. The zero-order valence-corrected chi connectivity index (χ0v) is 11.4. The number of nitrogens with one attached hydrogen (secondary N) is 1. The molecule has 0 spiro atoms. The summed E-state index contributed by atoms with van der Waals surface area (Å²) in [7, 11) is 1.63. The minimum absolute atomic E-state index is 0.390. The third-order valence-electron chi connectivity index (χ3n) is 3.06. The topological polar surface area (TPSA) is 64.3 Å². The molecule has 2 aromatic carbocycles. The molecule has 0 aromatic heterocycles. The summed E-state index contributed by atoms with van der Waals surface area (Å²) < 4.78 is 5.17. The van der Waals surface area contributed by atoms with E-state index in [1.54, 1.807) is 7.11 Å². The number of hydrogen-bond donors (Lipinski definition) is 2. The van der Waals surface area contributed by atoms with Crippen LogP contribution in [0.1, 0.15) is 17.2 Å². The summed E-state index contributed by atoms with van der Waals surface area (Å²) in [6.07, 6.45) is 0. The average molecular weight is 270 g/mol. The van der Waals surface area contributed by atoms with Gasteiger partial charge in [-0.25, -0.2) is 0 Å². The van der Waals surface area contributed by atoms with Gasteiger partial charge in [0.15, 0.2) is 0 Å². The highest BCUT2D eigenvalue weighted by molar-refractivity contribution is 5.81. The molecule has 1 amide bonds. The molecule has 3 N–H and O–H groups in total. The number of carbonyl (C=O) groups excluding carboxylic acids is 1. The fourth-order valence-corrected chi connectivity index (χ4v) is 2.03. The molecule has 1 unspecified atom stereocenters. The molecule has 104 valence electrons. The lowest BCUT2D eigenvalue weighted by atomic mass is 10.1. The standard InChI is InChI=1S/C16H18N2O2/c1-20-14-9-5-6-12(10-14)11-18-15(16(17)19)13-7-3-2-4-8-13/h2-10,15,18H,11H2,1H3,(H2,17,19). The lowest BCUT2D eigenvalue weighted by molar-refractivity contribution is -0.120. The molecular formula is C16H18N2O2. The van der Waals surface area contributed by atoms with Crippen molar-refractivity contribution in [2.24, 2.45) is 5.73 Å². The van der Waals surface area contributed by atoms with Gasteiger partial charge in [-0.2, -0.15) is 0 Å². The molecule has 4 nitrogen and oxygen atoms in total. The van der Waals surface area contributed by atoms with Gasteiger partial charge in [-0.1, -0.05) is 42.5 Å². The van der Waals surface area contributed by atoms with Crippen LogP contribution in [0.2, 0.25) is 0 Å². The highest BCUT2D eigenvalue weighted by atomic mass is 16.5. The van der Waals surface area contributed by atoms with Crippen molar-refractivity contribution in [1.82, 2.24) is 5.32 Å². The minimum atomic E-state index is -0.498. The van der Waals surface area contributed by atoms with E-state index >= 15 is 0 Å². The summed E-state index contributed by atoms with van der Waals surface area (Å²) in [5.41, 5.74) is 7.36. The lowest BCUT2D eigenvalue weighted by Gasteiger charge is -2.16. The largest absolute Gasteiger partial charge is 0.497 e. The van der Waals surface area contributed by atoms with Gasteiger partial charge in [-0.05, 0) is 23.3 Å². The maximum atomic E-state index is 11.6. The molecular weight excluding hydrogens is 252 g/mol. The molecule has 0 saturated carbocycles. The Balaban J connectivity index is 2.08. The average Bonchev–Trinajstić information content (AvgIpc) is 2.48. The molecule has 0 radical (unpaired) electrons. The van der Waals surface area contributed by atoms with E-state index in [9.17, 15) is 4.79 Å². The second-order valence-electron chi connectivity index (χ2n) is 4.48. The van der Waals surface area contributed by atoms with Gasteiger partial charge >= 0.3 is 0 Å². The second-order valence-corrected chi connectivity index (χ2v) is 4.48. The molecule has 4 heteroatoms. The predicted octanol–water partition coefficient (Wildman–Crippen LogP) is 2.01. The molecule has 1 atom stereocenters. The summed E-state index contributed by atoms with van der Waals surface area (Å²) in [4.78, 5) is 11.6. The van der Waals surface area contributed by atoms with E-state index in [1.165, 1.54) is 0 Å². The van der Waals surface area contributed by atoms with Gasteiger partial charge in [0, 0.05) is 6.54 Å². The maximum Gasteiger partial charge on any atom is 0.239 e. The number of amides is 1. The van der Waals surface area contributed by atoms with Crippen molar-refractivity contribution >= 4 is 5.91 Å². The summed E-state index contributed by atoms with van der Waals surface area (Å²) in [6, 6.07) is 16.6. The first-order valence-corrected chi connectivity index (χ1v) is 6.41. The van der Waals surface area contributed by atoms with Crippen molar-refractivity contribution in [3.05, 3.63) is 65.7 Å².